The van der Waals surface area contributed by atoms with Gasteiger partial charge in [-0.1, -0.05) is 106 Å². The van der Waals surface area contributed by atoms with Gasteiger partial charge in [-0.05, 0) is 66.0 Å². The number of nitrogens with zero attached hydrogens (tertiary/aromatic N) is 2. The number of aliphatic imine (C=N–C) groups is 1. The lowest BCUT2D eigenvalue weighted by Gasteiger charge is -2.30. The zero-order chi connectivity index (χ0) is 34.7. The third-order valence-electron chi connectivity index (χ3n) is 8.63. The van der Waals surface area contributed by atoms with Gasteiger partial charge in [0.2, 0.25) is 10.0 Å². The van der Waals surface area contributed by atoms with Crippen LogP contribution >= 0.6 is 46.4 Å². The van der Waals surface area contributed by atoms with E-state index >= 15 is 0 Å². The zero-order valence-corrected chi connectivity index (χ0v) is 31.1. The fourth-order valence-electron chi connectivity index (χ4n) is 4.92. The van der Waals surface area contributed by atoms with Crippen molar-refractivity contribution >= 4 is 79.5 Å². The molecule has 1 amide bonds. The summed E-state index contributed by atoms with van der Waals surface area (Å²) in [7, 11) is -3.98. The van der Waals surface area contributed by atoms with Gasteiger partial charge < -0.3 is 4.74 Å². The largest absolute Gasteiger partial charge is 0.493 e. The molecule has 3 aromatic rings. The molecule has 0 aliphatic carbocycles. The molecule has 0 atom stereocenters. The van der Waals surface area contributed by atoms with E-state index in [-0.39, 0.29) is 66.9 Å². The first-order valence-corrected chi connectivity index (χ1v) is 18.4. The van der Waals surface area contributed by atoms with Gasteiger partial charge in [0, 0.05) is 17.1 Å². The molecule has 1 aliphatic heterocycles. The molecule has 3 aromatic carbocycles. The molecule has 8 nitrogen and oxygen atoms in total. The Kier molecular flexibility index (Phi) is 11.8. The lowest BCUT2D eigenvalue weighted by atomic mass is 9.76. The van der Waals surface area contributed by atoms with E-state index in [1.54, 1.807) is 6.07 Å². The topological polar surface area (TPSA) is 100 Å². The van der Waals surface area contributed by atoms with E-state index in [0.717, 1.165) is 24.2 Å². The monoisotopic (exact) mass is 740 g/mol. The number of rotatable bonds is 13. The maximum atomic E-state index is 13.2. The number of hydrazine groups is 1. The third-order valence-corrected chi connectivity index (χ3v) is 11.4. The van der Waals surface area contributed by atoms with Crippen LogP contribution in [0.2, 0.25) is 20.1 Å². The van der Waals surface area contributed by atoms with Gasteiger partial charge in [-0.3, -0.25) is 10.2 Å². The van der Waals surface area contributed by atoms with Crippen LogP contribution in [0, 0.1) is 0 Å². The molecule has 13 heteroatoms. The molecule has 0 radical (unpaired) electrons. The van der Waals surface area contributed by atoms with Crippen LogP contribution < -0.4 is 19.9 Å². The van der Waals surface area contributed by atoms with Gasteiger partial charge in [-0.25, -0.2) is 23.1 Å². The second-order valence-electron chi connectivity index (χ2n) is 12.7. The number of amidine groups is 1. The molecule has 1 heterocycles. The van der Waals surface area contributed by atoms with Crippen molar-refractivity contribution in [2.45, 2.75) is 83.0 Å². The summed E-state index contributed by atoms with van der Waals surface area (Å²) < 4.78 is 35.3. The normalized spacial score (nSPS) is 15.0. The second-order valence-corrected chi connectivity index (χ2v) is 16.0. The average molecular weight is 743 g/mol. The first-order valence-electron chi connectivity index (χ1n) is 15.4. The van der Waals surface area contributed by atoms with Crippen LogP contribution in [-0.4, -0.2) is 33.3 Å². The van der Waals surface area contributed by atoms with Gasteiger partial charge in [-0.15, -0.1) is 0 Å². The van der Waals surface area contributed by atoms with E-state index in [9.17, 15) is 13.2 Å². The van der Waals surface area contributed by atoms with Crippen molar-refractivity contribution < 1.29 is 17.9 Å². The molecule has 1 aliphatic rings. The van der Waals surface area contributed by atoms with E-state index in [1.807, 2.05) is 6.07 Å². The summed E-state index contributed by atoms with van der Waals surface area (Å²) in [5.41, 5.74) is 5.64. The van der Waals surface area contributed by atoms with Crippen molar-refractivity contribution in [2.24, 2.45) is 4.99 Å². The summed E-state index contributed by atoms with van der Waals surface area (Å²) in [5, 5.41) is 1.75. The number of carbonyl (C=O) groups is 1. The number of sulfonamides is 1. The van der Waals surface area contributed by atoms with Gasteiger partial charge in [0.15, 0.2) is 0 Å². The van der Waals surface area contributed by atoms with Crippen molar-refractivity contribution in [3.63, 3.8) is 0 Å². The summed E-state index contributed by atoms with van der Waals surface area (Å²) >= 11 is 25.1. The average Bonchev–Trinajstić information content (AvgIpc) is 3.36. The molecule has 0 aromatic heterocycles. The van der Waals surface area contributed by atoms with E-state index in [1.165, 1.54) is 34.8 Å². The molecule has 0 saturated carbocycles. The summed E-state index contributed by atoms with van der Waals surface area (Å²) in [6.45, 7) is 13.7. The highest BCUT2D eigenvalue weighted by Gasteiger charge is 2.31. The Hall–Kier alpha value is -2.53. The molecule has 4 rings (SSSR count). The molecular weight excluding hydrogens is 702 g/mol. The van der Waals surface area contributed by atoms with Crippen LogP contribution in [0.3, 0.4) is 0 Å². The fraction of sp³-hybridized carbons (Fsp3) is 0.412. The van der Waals surface area contributed by atoms with Crippen LogP contribution in [0.15, 0.2) is 58.4 Å². The zero-order valence-electron chi connectivity index (χ0n) is 27.3. The SMILES string of the molecule is CCC(C)(C)c1ccc(OCCCNS(=O)(=O)c2cccc(N=C3CC(=O)N(c4c(Cl)cc(Cl)cc4Cl)N3)c2Cl)c(C(C)(C)CC)c1. The molecule has 0 bridgehead atoms. The highest BCUT2D eigenvalue weighted by atomic mass is 35.5. The quantitative estimate of drug-likeness (QED) is 0.170. The Morgan fingerprint density at radius 3 is 2.26 bits per heavy atom. The number of anilines is 1. The van der Waals surface area contributed by atoms with E-state index in [2.05, 4.69) is 68.8 Å². The number of halogens is 4. The lowest BCUT2D eigenvalue weighted by molar-refractivity contribution is -0.116. The van der Waals surface area contributed by atoms with Gasteiger partial charge in [-0.2, -0.15) is 0 Å². The molecule has 0 spiro atoms. The fourth-order valence-corrected chi connectivity index (χ4v) is 7.55. The van der Waals surface area contributed by atoms with Gasteiger partial charge in [0.05, 0.1) is 33.8 Å². The number of benzene rings is 3. The lowest BCUT2D eigenvalue weighted by Crippen LogP contribution is -2.36. The third kappa shape index (κ3) is 8.56. The van der Waals surface area contributed by atoms with E-state index in [0.29, 0.717) is 18.1 Å². The Morgan fingerprint density at radius 2 is 1.62 bits per heavy atom. The number of ether oxygens (including phenoxy) is 1. The molecule has 1 saturated heterocycles. The minimum atomic E-state index is -3.98. The Morgan fingerprint density at radius 1 is 0.957 bits per heavy atom. The van der Waals surface area contributed by atoms with Gasteiger partial charge in [0.25, 0.3) is 5.91 Å². The van der Waals surface area contributed by atoms with Gasteiger partial charge in [0.1, 0.15) is 22.2 Å². The number of nitrogens with one attached hydrogen (secondary N) is 2. The van der Waals surface area contributed by atoms with Crippen LogP contribution in [0.5, 0.6) is 5.75 Å². The van der Waals surface area contributed by atoms with Crippen molar-refractivity contribution in [3.05, 3.63) is 79.7 Å². The molecular formula is C34H40Cl4N4O4S. The van der Waals surface area contributed by atoms with E-state index in [4.69, 9.17) is 51.1 Å². The van der Waals surface area contributed by atoms with Gasteiger partial charge >= 0.3 is 0 Å². The molecule has 1 fully saturated rings. The highest BCUT2D eigenvalue weighted by Crippen LogP contribution is 2.40. The molecule has 0 unspecified atom stereocenters. The minimum Gasteiger partial charge on any atom is -0.493 e. The Balaban J connectivity index is 1.42. The Bertz CT molecular complexity index is 1770. The predicted molar refractivity (Wildman–Crippen MR) is 194 cm³/mol. The van der Waals surface area contributed by atoms with Crippen LogP contribution in [-0.2, 0) is 25.6 Å². The van der Waals surface area contributed by atoms with Crippen molar-refractivity contribution in [1.29, 1.82) is 0 Å². The number of hydrogen-bond donors (Lipinski definition) is 2. The first kappa shape index (κ1) is 37.3. The number of amides is 1. The molecule has 254 valence electrons. The maximum absolute atomic E-state index is 13.2. The smallest absolute Gasteiger partial charge is 0.253 e. The molecule has 2 N–H and O–H groups in total. The summed E-state index contributed by atoms with van der Waals surface area (Å²) in [6.07, 6.45) is 2.28. The summed E-state index contributed by atoms with van der Waals surface area (Å²) in [5.74, 6) is 0.670. The number of carbonyl (C=O) groups excluding carboxylic acids is 1. The van der Waals surface area contributed by atoms with Crippen LogP contribution in [0.4, 0.5) is 11.4 Å². The summed E-state index contributed by atoms with van der Waals surface area (Å²) in [6, 6.07) is 13.8. The van der Waals surface area contributed by atoms with Crippen LogP contribution in [0.1, 0.15) is 78.4 Å². The number of hydrogen-bond acceptors (Lipinski definition) is 5. The minimum absolute atomic E-state index is 0.0469. The molecule has 47 heavy (non-hydrogen) atoms. The second kappa shape index (κ2) is 14.9. The standard InChI is InChI=1S/C34H40Cl4N4O4S/c1-7-33(3,4)21-13-14-27(23(17-21)34(5,6)8-2)46-16-10-15-39-47(44,45)28-12-9-11-26(31(28)38)40-29-20-30(43)42(41-29)32-24(36)18-22(35)19-25(32)37/h9,11-14,17-19,39H,7-8,10,15-16,20H2,1-6H3,(H,40,41). The highest BCUT2D eigenvalue weighted by molar-refractivity contribution is 7.89. The summed E-state index contributed by atoms with van der Waals surface area (Å²) in [4.78, 5) is 17.1. The predicted octanol–water partition coefficient (Wildman–Crippen LogP) is 9.39. The Labute approximate surface area is 297 Å². The maximum Gasteiger partial charge on any atom is 0.253 e. The van der Waals surface area contributed by atoms with Crippen LogP contribution in [0.25, 0.3) is 0 Å². The first-order chi connectivity index (χ1) is 22.0. The van der Waals surface area contributed by atoms with Crippen molar-refractivity contribution in [3.8, 4) is 5.75 Å². The van der Waals surface area contributed by atoms with Crippen molar-refractivity contribution in [1.82, 2.24) is 10.1 Å². The van der Waals surface area contributed by atoms with Crippen molar-refractivity contribution in [2.75, 3.05) is 18.2 Å². The van der Waals surface area contributed by atoms with E-state index < -0.39 is 10.0 Å².